The molecular weight excluding hydrogens is 280 g/mol. The fourth-order valence-corrected chi connectivity index (χ4v) is 4.06. The van der Waals surface area contributed by atoms with E-state index in [9.17, 15) is 8.42 Å². The third-order valence-corrected chi connectivity index (χ3v) is 6.32. The van der Waals surface area contributed by atoms with Crippen LogP contribution >= 0.6 is 11.3 Å². The maximum atomic E-state index is 11.6. The molecule has 1 heterocycles. The minimum absolute atomic E-state index is 0.491. The van der Waals surface area contributed by atoms with Crippen molar-refractivity contribution in [2.45, 2.75) is 50.8 Å². The number of hydrogen-bond acceptors (Lipinski definition) is 5. The van der Waals surface area contributed by atoms with Crippen LogP contribution in [0.5, 0.6) is 0 Å². The number of nitrogens with one attached hydrogen (secondary N) is 1. The maximum absolute atomic E-state index is 11.6. The number of rotatable bonds is 7. The molecule has 1 N–H and O–H groups in total. The summed E-state index contributed by atoms with van der Waals surface area (Å²) < 4.78 is 23.3. The van der Waals surface area contributed by atoms with Gasteiger partial charge in [-0.15, -0.1) is 11.3 Å². The summed E-state index contributed by atoms with van der Waals surface area (Å²) in [6.45, 7) is 5.67. The van der Waals surface area contributed by atoms with E-state index in [2.05, 4.69) is 17.2 Å². The Kier molecular flexibility index (Phi) is 4.63. The fraction of sp³-hybridized carbons (Fsp3) is 0.769. The van der Waals surface area contributed by atoms with E-state index in [0.29, 0.717) is 5.92 Å². The van der Waals surface area contributed by atoms with Crippen LogP contribution in [0.4, 0.5) is 0 Å². The second-order valence-corrected chi connectivity index (χ2v) is 8.76. The Hall–Kier alpha value is -0.460. The average molecular weight is 302 g/mol. The topological polar surface area (TPSA) is 59.1 Å². The van der Waals surface area contributed by atoms with Crippen molar-refractivity contribution in [2.24, 2.45) is 0 Å². The molecule has 1 atom stereocenters. The Morgan fingerprint density at radius 1 is 1.47 bits per heavy atom. The molecular formula is C13H22N2O2S2. The Labute approximate surface area is 119 Å². The van der Waals surface area contributed by atoms with Crippen molar-refractivity contribution in [3.63, 3.8) is 0 Å². The summed E-state index contributed by atoms with van der Waals surface area (Å²) in [5, 5.41) is 3.64. The highest BCUT2D eigenvalue weighted by atomic mass is 32.2. The monoisotopic (exact) mass is 302 g/mol. The summed E-state index contributed by atoms with van der Waals surface area (Å²) in [5.41, 5.74) is 1.14. The average Bonchev–Trinajstić information content (AvgIpc) is 3.09. The molecule has 0 saturated heterocycles. The van der Waals surface area contributed by atoms with E-state index in [0.717, 1.165) is 30.2 Å². The van der Waals surface area contributed by atoms with Gasteiger partial charge >= 0.3 is 0 Å². The van der Waals surface area contributed by atoms with Crippen molar-refractivity contribution < 1.29 is 8.42 Å². The Morgan fingerprint density at radius 3 is 2.68 bits per heavy atom. The normalized spacial score (nSPS) is 17.6. The van der Waals surface area contributed by atoms with Crippen LogP contribution in [0.15, 0.2) is 0 Å². The van der Waals surface area contributed by atoms with Crippen LogP contribution in [0, 0.1) is 0 Å². The van der Waals surface area contributed by atoms with Crippen molar-refractivity contribution >= 4 is 21.2 Å². The molecule has 1 unspecified atom stereocenters. The molecule has 6 heteroatoms. The first-order chi connectivity index (χ1) is 8.93. The smallest absolute Gasteiger partial charge is 0.156 e. The van der Waals surface area contributed by atoms with E-state index in [1.165, 1.54) is 24.0 Å². The number of sulfone groups is 1. The van der Waals surface area contributed by atoms with E-state index in [1.54, 1.807) is 18.3 Å². The molecule has 0 spiro atoms. The molecule has 0 aromatic carbocycles. The Balaban J connectivity index is 2.19. The molecule has 1 saturated carbocycles. The van der Waals surface area contributed by atoms with E-state index in [1.807, 2.05) is 0 Å². The second kappa shape index (κ2) is 5.89. The van der Waals surface area contributed by atoms with Crippen molar-refractivity contribution in [1.29, 1.82) is 0 Å². The molecule has 19 heavy (non-hydrogen) atoms. The number of aromatic nitrogens is 1. The molecule has 2 rings (SSSR count). The third kappa shape index (κ3) is 3.77. The standard InChI is InChI=1S/C13H22N2O2S2/c1-4-7-14-8-11-12(10-5-6-10)15-13(18-11)9(2)19(3,16)17/h9-10,14H,4-8H2,1-3H3. The molecule has 0 bridgehead atoms. The van der Waals surface area contributed by atoms with Crippen LogP contribution in [-0.4, -0.2) is 26.2 Å². The van der Waals surface area contributed by atoms with Crippen molar-refractivity contribution in [3.05, 3.63) is 15.6 Å². The largest absolute Gasteiger partial charge is 0.312 e. The zero-order valence-corrected chi connectivity index (χ0v) is 13.4. The van der Waals surface area contributed by atoms with Crippen LogP contribution < -0.4 is 5.32 Å². The molecule has 1 aromatic heterocycles. The van der Waals surface area contributed by atoms with E-state index < -0.39 is 15.1 Å². The maximum Gasteiger partial charge on any atom is 0.156 e. The first-order valence-corrected chi connectivity index (χ1v) is 9.59. The van der Waals surface area contributed by atoms with Gasteiger partial charge in [-0.3, -0.25) is 0 Å². The lowest BCUT2D eigenvalue weighted by Gasteiger charge is -2.04. The van der Waals surface area contributed by atoms with Gasteiger partial charge in [0, 0.05) is 23.6 Å². The van der Waals surface area contributed by atoms with E-state index in [4.69, 9.17) is 0 Å². The van der Waals surface area contributed by atoms with Gasteiger partial charge in [0.1, 0.15) is 10.3 Å². The number of nitrogens with zero attached hydrogens (tertiary/aromatic N) is 1. The minimum Gasteiger partial charge on any atom is -0.312 e. The summed E-state index contributed by atoms with van der Waals surface area (Å²) in [4.78, 5) is 5.84. The van der Waals surface area contributed by atoms with Gasteiger partial charge in [-0.1, -0.05) is 6.92 Å². The lowest BCUT2D eigenvalue weighted by molar-refractivity contribution is 0.592. The molecule has 1 fully saturated rings. The van der Waals surface area contributed by atoms with Gasteiger partial charge in [-0.2, -0.15) is 0 Å². The van der Waals surface area contributed by atoms with Gasteiger partial charge < -0.3 is 5.32 Å². The lowest BCUT2D eigenvalue weighted by Crippen LogP contribution is -2.13. The molecule has 0 radical (unpaired) electrons. The van der Waals surface area contributed by atoms with E-state index in [-0.39, 0.29) is 0 Å². The van der Waals surface area contributed by atoms with Gasteiger partial charge in [-0.25, -0.2) is 13.4 Å². The minimum atomic E-state index is -3.06. The van der Waals surface area contributed by atoms with Crippen LogP contribution in [0.2, 0.25) is 0 Å². The quantitative estimate of drug-likeness (QED) is 0.787. The molecule has 1 aromatic rings. The first-order valence-electron chi connectivity index (χ1n) is 6.82. The zero-order chi connectivity index (χ0) is 14.0. The third-order valence-electron chi connectivity index (χ3n) is 3.41. The lowest BCUT2D eigenvalue weighted by atomic mass is 10.2. The highest BCUT2D eigenvalue weighted by molar-refractivity contribution is 7.91. The molecule has 4 nitrogen and oxygen atoms in total. The first kappa shape index (κ1) is 14.9. The Bertz CT molecular complexity index is 533. The van der Waals surface area contributed by atoms with Crippen LogP contribution in [0.3, 0.4) is 0 Å². The van der Waals surface area contributed by atoms with Gasteiger partial charge in [0.25, 0.3) is 0 Å². The molecule has 0 amide bonds. The number of hydrogen-bond donors (Lipinski definition) is 1. The van der Waals surface area contributed by atoms with Crippen LogP contribution in [-0.2, 0) is 16.4 Å². The summed E-state index contributed by atoms with van der Waals surface area (Å²) in [5.74, 6) is 0.565. The predicted octanol–water partition coefficient (Wildman–Crippen LogP) is 2.63. The van der Waals surface area contributed by atoms with Crippen LogP contribution in [0.25, 0.3) is 0 Å². The highest BCUT2D eigenvalue weighted by Crippen LogP contribution is 2.43. The zero-order valence-electron chi connectivity index (χ0n) is 11.8. The van der Waals surface area contributed by atoms with Crippen molar-refractivity contribution in [1.82, 2.24) is 10.3 Å². The molecule has 0 aliphatic heterocycles. The van der Waals surface area contributed by atoms with Crippen LogP contribution in [0.1, 0.15) is 59.9 Å². The summed E-state index contributed by atoms with van der Waals surface area (Å²) in [6, 6.07) is 0. The van der Waals surface area contributed by atoms with Crippen molar-refractivity contribution in [2.75, 3.05) is 12.8 Å². The molecule has 108 valence electrons. The van der Waals surface area contributed by atoms with Crippen molar-refractivity contribution in [3.8, 4) is 0 Å². The summed E-state index contributed by atoms with van der Waals surface area (Å²) in [7, 11) is -3.06. The van der Waals surface area contributed by atoms with E-state index >= 15 is 0 Å². The highest BCUT2D eigenvalue weighted by Gasteiger charge is 2.31. The SMILES string of the molecule is CCCNCc1sc(C(C)S(C)(=O)=O)nc1C1CC1. The van der Waals surface area contributed by atoms with Gasteiger partial charge in [-0.05, 0) is 32.7 Å². The van der Waals surface area contributed by atoms with Gasteiger partial charge in [0.15, 0.2) is 9.84 Å². The Morgan fingerprint density at radius 2 is 2.16 bits per heavy atom. The number of thiazole rings is 1. The van der Waals surface area contributed by atoms with Gasteiger partial charge in [0.2, 0.25) is 0 Å². The second-order valence-electron chi connectivity index (χ2n) is 5.28. The summed E-state index contributed by atoms with van der Waals surface area (Å²) >= 11 is 1.56. The summed E-state index contributed by atoms with van der Waals surface area (Å²) in [6.07, 6.45) is 4.77. The predicted molar refractivity (Wildman–Crippen MR) is 79.3 cm³/mol. The fourth-order valence-electron chi connectivity index (χ4n) is 1.92. The molecule has 1 aliphatic carbocycles. The van der Waals surface area contributed by atoms with Gasteiger partial charge in [0.05, 0.1) is 5.69 Å². The molecule has 1 aliphatic rings.